The number of carbonyl (C=O) groups is 1. The second kappa shape index (κ2) is 4.99. The highest BCUT2D eigenvalue weighted by atomic mass is 16.5. The van der Waals surface area contributed by atoms with E-state index in [1.165, 1.54) is 26.3 Å². The Labute approximate surface area is 87.4 Å². The van der Waals surface area contributed by atoms with Crippen molar-refractivity contribution in [2.45, 2.75) is 6.92 Å². The molecular weight excluding hydrogens is 196 g/mol. The summed E-state index contributed by atoms with van der Waals surface area (Å²) >= 11 is 0. The molecule has 0 aliphatic heterocycles. The summed E-state index contributed by atoms with van der Waals surface area (Å²) in [7, 11) is 1.47. The van der Waals surface area contributed by atoms with Gasteiger partial charge in [-0.3, -0.25) is 4.79 Å². The van der Waals surface area contributed by atoms with E-state index < -0.39 is 0 Å². The van der Waals surface area contributed by atoms with Gasteiger partial charge < -0.3 is 9.84 Å². The third-order valence-corrected chi connectivity index (χ3v) is 1.64. The topological polar surface area (TPSA) is 70.9 Å². The zero-order chi connectivity index (χ0) is 11.3. The number of rotatable bonds is 3. The van der Waals surface area contributed by atoms with Gasteiger partial charge in [0.2, 0.25) is 5.91 Å². The third-order valence-electron chi connectivity index (χ3n) is 1.64. The highest BCUT2D eigenvalue weighted by molar-refractivity contribution is 5.82. The number of phenols is 1. The second-order valence-corrected chi connectivity index (χ2v) is 2.86. The van der Waals surface area contributed by atoms with E-state index >= 15 is 0 Å². The minimum absolute atomic E-state index is 0.0317. The summed E-state index contributed by atoms with van der Waals surface area (Å²) in [6.07, 6.45) is 1.43. The van der Waals surface area contributed by atoms with E-state index in [4.69, 9.17) is 4.74 Å². The van der Waals surface area contributed by atoms with Crippen LogP contribution in [0.4, 0.5) is 0 Å². The number of amides is 1. The summed E-state index contributed by atoms with van der Waals surface area (Å²) in [5.74, 6) is 0.180. The van der Waals surface area contributed by atoms with Crippen LogP contribution in [0.5, 0.6) is 11.5 Å². The predicted octanol–water partition coefficient (Wildman–Crippen LogP) is 0.871. The van der Waals surface area contributed by atoms with E-state index in [9.17, 15) is 9.90 Å². The summed E-state index contributed by atoms with van der Waals surface area (Å²) in [6, 6.07) is 4.82. The maximum Gasteiger partial charge on any atom is 0.236 e. The van der Waals surface area contributed by atoms with Gasteiger partial charge in [0.1, 0.15) is 0 Å². The number of benzene rings is 1. The van der Waals surface area contributed by atoms with Crippen molar-refractivity contribution in [3.05, 3.63) is 23.8 Å². The van der Waals surface area contributed by atoms with Crippen molar-refractivity contribution in [3.8, 4) is 11.5 Å². The highest BCUT2D eigenvalue weighted by Gasteiger charge is 2.00. The van der Waals surface area contributed by atoms with Gasteiger partial charge in [-0.2, -0.15) is 5.10 Å². The number of hydrazone groups is 1. The van der Waals surface area contributed by atoms with Crippen LogP contribution >= 0.6 is 0 Å². The number of nitrogens with one attached hydrogen (secondary N) is 1. The molecule has 0 saturated heterocycles. The van der Waals surface area contributed by atoms with Crippen molar-refractivity contribution >= 4 is 12.1 Å². The summed E-state index contributed by atoms with van der Waals surface area (Å²) in [4.78, 5) is 10.5. The second-order valence-electron chi connectivity index (χ2n) is 2.86. The van der Waals surface area contributed by atoms with Crippen molar-refractivity contribution in [1.82, 2.24) is 5.43 Å². The lowest BCUT2D eigenvalue weighted by atomic mass is 10.2. The number of carbonyl (C=O) groups excluding carboxylic acids is 1. The Morgan fingerprint density at radius 2 is 2.33 bits per heavy atom. The lowest BCUT2D eigenvalue weighted by Crippen LogP contribution is -2.12. The van der Waals surface area contributed by atoms with Gasteiger partial charge in [-0.25, -0.2) is 5.43 Å². The Hall–Kier alpha value is -2.04. The van der Waals surface area contributed by atoms with Gasteiger partial charge in [-0.05, 0) is 23.8 Å². The van der Waals surface area contributed by atoms with Crippen molar-refractivity contribution in [2.75, 3.05) is 7.11 Å². The summed E-state index contributed by atoms with van der Waals surface area (Å²) in [5, 5.41) is 13.1. The molecule has 5 nitrogen and oxygen atoms in total. The molecule has 0 unspecified atom stereocenters. The van der Waals surface area contributed by atoms with Crippen LogP contribution < -0.4 is 10.2 Å². The monoisotopic (exact) mass is 208 g/mol. The molecule has 5 heteroatoms. The number of hydrogen-bond donors (Lipinski definition) is 2. The SMILES string of the molecule is COc1ccc(C=NNC(C)=O)cc1O. The molecular formula is C10H12N2O3. The summed E-state index contributed by atoms with van der Waals surface area (Å²) in [5.41, 5.74) is 2.93. The number of hydrogen-bond acceptors (Lipinski definition) is 4. The maximum absolute atomic E-state index is 10.5. The van der Waals surface area contributed by atoms with Gasteiger partial charge in [0.15, 0.2) is 11.5 Å². The van der Waals surface area contributed by atoms with Gasteiger partial charge in [-0.15, -0.1) is 0 Å². The fourth-order valence-corrected chi connectivity index (χ4v) is 0.985. The van der Waals surface area contributed by atoms with E-state index in [2.05, 4.69) is 10.5 Å². The Bertz CT molecular complexity index is 388. The minimum atomic E-state index is -0.246. The van der Waals surface area contributed by atoms with Crippen molar-refractivity contribution < 1.29 is 14.6 Å². The zero-order valence-corrected chi connectivity index (χ0v) is 8.52. The van der Waals surface area contributed by atoms with Crippen LogP contribution in [-0.2, 0) is 4.79 Å². The molecule has 0 heterocycles. The summed E-state index contributed by atoms with van der Waals surface area (Å²) in [6.45, 7) is 1.36. The standard InChI is InChI=1S/C10H12N2O3/c1-7(13)12-11-6-8-3-4-10(15-2)9(14)5-8/h3-6,14H,1-2H3,(H,12,13). The van der Waals surface area contributed by atoms with Crippen LogP contribution in [0.3, 0.4) is 0 Å². The minimum Gasteiger partial charge on any atom is -0.504 e. The lowest BCUT2D eigenvalue weighted by Gasteiger charge is -2.02. The maximum atomic E-state index is 10.5. The quantitative estimate of drug-likeness (QED) is 0.572. The Morgan fingerprint density at radius 1 is 1.60 bits per heavy atom. The van der Waals surface area contributed by atoms with Crippen molar-refractivity contribution in [2.24, 2.45) is 5.10 Å². The molecule has 0 saturated carbocycles. The van der Waals surface area contributed by atoms with Gasteiger partial charge in [0.25, 0.3) is 0 Å². The molecule has 0 radical (unpaired) electrons. The van der Waals surface area contributed by atoms with Gasteiger partial charge in [-0.1, -0.05) is 0 Å². The van der Waals surface area contributed by atoms with E-state index in [1.807, 2.05) is 0 Å². The molecule has 0 bridgehead atoms. The molecule has 0 fully saturated rings. The van der Waals surface area contributed by atoms with E-state index in [0.717, 1.165) is 0 Å². The van der Waals surface area contributed by atoms with Crippen LogP contribution in [0.15, 0.2) is 23.3 Å². The number of methoxy groups -OCH3 is 1. The van der Waals surface area contributed by atoms with Crippen LogP contribution in [0.1, 0.15) is 12.5 Å². The molecule has 15 heavy (non-hydrogen) atoms. The lowest BCUT2D eigenvalue weighted by molar-refractivity contribution is -0.118. The number of nitrogens with zero attached hydrogens (tertiary/aromatic N) is 1. The molecule has 1 aromatic carbocycles. The van der Waals surface area contributed by atoms with Gasteiger partial charge in [0.05, 0.1) is 13.3 Å². The fraction of sp³-hybridized carbons (Fsp3) is 0.200. The predicted molar refractivity (Wildman–Crippen MR) is 56.1 cm³/mol. The molecule has 1 rings (SSSR count). The third kappa shape index (κ3) is 3.30. The van der Waals surface area contributed by atoms with Crippen molar-refractivity contribution in [1.29, 1.82) is 0 Å². The van der Waals surface area contributed by atoms with Crippen LogP contribution in [-0.4, -0.2) is 24.3 Å². The Balaban J connectivity index is 2.75. The van der Waals surface area contributed by atoms with Crippen LogP contribution in [0.2, 0.25) is 0 Å². The number of ether oxygens (including phenoxy) is 1. The first-order valence-electron chi connectivity index (χ1n) is 4.30. The Kier molecular flexibility index (Phi) is 3.68. The molecule has 2 N–H and O–H groups in total. The smallest absolute Gasteiger partial charge is 0.236 e. The molecule has 0 aliphatic rings. The van der Waals surface area contributed by atoms with E-state index in [1.54, 1.807) is 12.1 Å². The average Bonchev–Trinajstić information content (AvgIpc) is 2.17. The molecule has 0 spiro atoms. The molecule has 0 aromatic heterocycles. The average molecular weight is 208 g/mol. The summed E-state index contributed by atoms with van der Waals surface area (Å²) < 4.78 is 4.88. The van der Waals surface area contributed by atoms with Gasteiger partial charge >= 0.3 is 0 Å². The van der Waals surface area contributed by atoms with E-state index in [0.29, 0.717) is 11.3 Å². The normalized spacial score (nSPS) is 10.3. The molecule has 0 aliphatic carbocycles. The molecule has 1 amide bonds. The van der Waals surface area contributed by atoms with Crippen LogP contribution in [0.25, 0.3) is 0 Å². The number of phenolic OH excluding ortho intramolecular Hbond substituents is 1. The zero-order valence-electron chi connectivity index (χ0n) is 8.52. The van der Waals surface area contributed by atoms with Crippen molar-refractivity contribution in [3.63, 3.8) is 0 Å². The molecule has 1 aromatic rings. The first kappa shape index (κ1) is 11.0. The Morgan fingerprint density at radius 3 is 2.87 bits per heavy atom. The first-order chi connectivity index (χ1) is 7.13. The van der Waals surface area contributed by atoms with Gasteiger partial charge in [0, 0.05) is 6.92 Å². The fourth-order valence-electron chi connectivity index (χ4n) is 0.985. The molecule has 0 atom stereocenters. The largest absolute Gasteiger partial charge is 0.504 e. The molecule has 80 valence electrons. The highest BCUT2D eigenvalue weighted by Crippen LogP contribution is 2.25. The van der Waals surface area contributed by atoms with Crippen LogP contribution in [0, 0.1) is 0 Å². The first-order valence-corrected chi connectivity index (χ1v) is 4.30. The number of aromatic hydroxyl groups is 1. The van der Waals surface area contributed by atoms with E-state index in [-0.39, 0.29) is 11.7 Å².